The van der Waals surface area contributed by atoms with Crippen molar-refractivity contribution >= 4 is 35.1 Å². The highest BCUT2D eigenvalue weighted by molar-refractivity contribution is 6.35. The summed E-state index contributed by atoms with van der Waals surface area (Å²) in [7, 11) is 0. The van der Waals surface area contributed by atoms with Gasteiger partial charge in [0.2, 0.25) is 5.91 Å². The minimum absolute atomic E-state index is 0.0322. The summed E-state index contributed by atoms with van der Waals surface area (Å²) in [5.41, 5.74) is 0.767. The van der Waals surface area contributed by atoms with Gasteiger partial charge in [0.25, 0.3) is 0 Å². The van der Waals surface area contributed by atoms with Crippen molar-refractivity contribution in [1.82, 2.24) is 4.90 Å². The number of carbonyl (C=O) groups is 2. The molecule has 0 spiro atoms. The molecule has 2 saturated heterocycles. The molecule has 1 unspecified atom stereocenters. The zero-order valence-electron chi connectivity index (χ0n) is 13.8. The summed E-state index contributed by atoms with van der Waals surface area (Å²) in [5.74, 6) is -0.963. The lowest BCUT2D eigenvalue weighted by molar-refractivity contribution is -0.145. The van der Waals surface area contributed by atoms with Gasteiger partial charge in [-0.25, -0.2) is 0 Å². The zero-order valence-corrected chi connectivity index (χ0v) is 15.3. The van der Waals surface area contributed by atoms with Gasteiger partial charge in [-0.2, -0.15) is 0 Å². The van der Waals surface area contributed by atoms with Crippen molar-refractivity contribution < 1.29 is 19.4 Å². The summed E-state index contributed by atoms with van der Waals surface area (Å²) in [6.07, 6.45) is 2.15. The Morgan fingerprint density at radius 1 is 1.20 bits per heavy atom. The molecule has 1 aromatic carbocycles. The van der Waals surface area contributed by atoms with Crippen molar-refractivity contribution in [2.45, 2.75) is 31.8 Å². The summed E-state index contributed by atoms with van der Waals surface area (Å²) >= 11 is 12.0. The van der Waals surface area contributed by atoms with Crippen LogP contribution in [0.2, 0.25) is 10.0 Å². The third-order valence-corrected chi connectivity index (χ3v) is 5.75. The molecule has 1 aromatic rings. The molecular weight excluding hydrogens is 365 g/mol. The Bertz CT molecular complexity index is 658. The maximum atomic E-state index is 12.5. The number of likely N-dealkylation sites (tertiary alicyclic amines) is 1. The molecule has 3 rings (SSSR count). The number of hydrogen-bond acceptors (Lipinski definition) is 3. The number of hydrogen-bond donors (Lipinski definition) is 1. The van der Waals surface area contributed by atoms with Gasteiger partial charge in [-0.3, -0.25) is 9.59 Å². The standard InChI is InChI=1S/C18H21Cl2NO4/c19-13-2-1-12(15(20)10-13)9-16(22)21-6-3-11(4-7-21)17-14(18(23)24)5-8-25-17/h1-2,10-11,14,17H,3-9H2,(H,23,24)/t14?,17-/m0/s1. The fraction of sp³-hybridized carbons (Fsp3) is 0.556. The fourth-order valence-corrected chi connectivity index (χ4v) is 4.23. The molecule has 1 amide bonds. The first-order valence-corrected chi connectivity index (χ1v) is 9.27. The monoisotopic (exact) mass is 385 g/mol. The molecule has 2 atom stereocenters. The number of benzene rings is 1. The number of carboxylic acid groups (broad SMARTS) is 1. The third-order valence-electron chi connectivity index (χ3n) is 5.17. The van der Waals surface area contributed by atoms with E-state index in [0.717, 1.165) is 18.4 Å². The number of amides is 1. The van der Waals surface area contributed by atoms with Crippen molar-refractivity contribution in [2.75, 3.05) is 19.7 Å². The highest BCUT2D eigenvalue weighted by Crippen LogP contribution is 2.33. The van der Waals surface area contributed by atoms with Crippen molar-refractivity contribution in [1.29, 1.82) is 0 Å². The van der Waals surface area contributed by atoms with Crippen LogP contribution in [0.25, 0.3) is 0 Å². The second kappa shape index (κ2) is 7.94. The molecule has 25 heavy (non-hydrogen) atoms. The van der Waals surface area contributed by atoms with E-state index >= 15 is 0 Å². The van der Waals surface area contributed by atoms with Crippen molar-refractivity contribution in [3.63, 3.8) is 0 Å². The van der Waals surface area contributed by atoms with E-state index in [2.05, 4.69) is 0 Å². The van der Waals surface area contributed by atoms with Crippen LogP contribution in [0.5, 0.6) is 0 Å². The van der Waals surface area contributed by atoms with Gasteiger partial charge < -0.3 is 14.7 Å². The van der Waals surface area contributed by atoms with Crippen LogP contribution in [0.1, 0.15) is 24.8 Å². The summed E-state index contributed by atoms with van der Waals surface area (Å²) < 4.78 is 5.67. The Labute approximate surface area is 156 Å². The van der Waals surface area contributed by atoms with E-state index in [1.807, 2.05) is 4.90 Å². The van der Waals surface area contributed by atoms with Crippen LogP contribution < -0.4 is 0 Å². The second-order valence-electron chi connectivity index (χ2n) is 6.70. The zero-order chi connectivity index (χ0) is 18.0. The number of rotatable bonds is 4. The smallest absolute Gasteiger partial charge is 0.309 e. The van der Waals surface area contributed by atoms with Crippen LogP contribution in [-0.2, 0) is 20.7 Å². The molecule has 2 aliphatic rings. The van der Waals surface area contributed by atoms with E-state index in [1.54, 1.807) is 18.2 Å². The predicted molar refractivity (Wildman–Crippen MR) is 95.0 cm³/mol. The van der Waals surface area contributed by atoms with Gasteiger partial charge >= 0.3 is 5.97 Å². The minimum Gasteiger partial charge on any atom is -0.481 e. The molecule has 136 valence electrons. The Morgan fingerprint density at radius 3 is 2.56 bits per heavy atom. The SMILES string of the molecule is O=C(O)C1CCO[C@H]1C1CCN(C(=O)Cc2ccc(Cl)cc2Cl)CC1. The summed E-state index contributed by atoms with van der Waals surface area (Å²) in [5, 5.41) is 10.3. The maximum Gasteiger partial charge on any atom is 0.309 e. The number of ether oxygens (including phenoxy) is 1. The van der Waals surface area contributed by atoms with Crippen molar-refractivity contribution in [3.05, 3.63) is 33.8 Å². The van der Waals surface area contributed by atoms with Gasteiger partial charge in [0.15, 0.2) is 0 Å². The average Bonchev–Trinajstić information content (AvgIpc) is 3.07. The second-order valence-corrected chi connectivity index (χ2v) is 7.54. The molecule has 2 aliphatic heterocycles. The van der Waals surface area contributed by atoms with Crippen LogP contribution in [0.15, 0.2) is 18.2 Å². The van der Waals surface area contributed by atoms with Gasteiger partial charge in [-0.15, -0.1) is 0 Å². The fourth-order valence-electron chi connectivity index (χ4n) is 3.76. The Hall–Kier alpha value is -1.30. The highest BCUT2D eigenvalue weighted by atomic mass is 35.5. The molecule has 0 aromatic heterocycles. The van der Waals surface area contributed by atoms with Crippen LogP contribution in [0.3, 0.4) is 0 Å². The Kier molecular flexibility index (Phi) is 5.87. The first kappa shape index (κ1) is 18.5. The van der Waals surface area contributed by atoms with Gasteiger partial charge in [-0.1, -0.05) is 29.3 Å². The van der Waals surface area contributed by atoms with E-state index in [9.17, 15) is 14.7 Å². The topological polar surface area (TPSA) is 66.8 Å². The lowest BCUT2D eigenvalue weighted by atomic mass is 9.84. The van der Waals surface area contributed by atoms with Gasteiger partial charge in [0, 0.05) is 29.7 Å². The molecule has 0 aliphatic carbocycles. The van der Waals surface area contributed by atoms with Crippen LogP contribution >= 0.6 is 23.2 Å². The van der Waals surface area contributed by atoms with Gasteiger partial charge in [-0.05, 0) is 42.9 Å². The molecule has 5 nitrogen and oxygen atoms in total. The Morgan fingerprint density at radius 2 is 1.92 bits per heavy atom. The molecule has 0 saturated carbocycles. The summed E-state index contributed by atoms with van der Waals surface area (Å²) in [4.78, 5) is 25.7. The minimum atomic E-state index is -0.779. The van der Waals surface area contributed by atoms with Gasteiger partial charge in [0.1, 0.15) is 0 Å². The number of piperidine rings is 1. The molecule has 1 N–H and O–H groups in total. The van der Waals surface area contributed by atoms with Crippen LogP contribution in [0.4, 0.5) is 0 Å². The largest absolute Gasteiger partial charge is 0.481 e. The average molecular weight is 386 g/mol. The quantitative estimate of drug-likeness (QED) is 0.863. The first-order valence-electron chi connectivity index (χ1n) is 8.52. The van der Waals surface area contributed by atoms with E-state index in [4.69, 9.17) is 27.9 Å². The number of nitrogens with zero attached hydrogens (tertiary/aromatic N) is 1. The molecule has 2 heterocycles. The molecule has 0 radical (unpaired) electrons. The number of halogens is 2. The molecule has 7 heteroatoms. The van der Waals surface area contributed by atoms with E-state index < -0.39 is 11.9 Å². The van der Waals surface area contributed by atoms with E-state index in [-0.39, 0.29) is 24.3 Å². The molecular formula is C18H21Cl2NO4. The lowest BCUT2D eigenvalue weighted by Gasteiger charge is -2.35. The third kappa shape index (κ3) is 4.27. The molecule has 0 bridgehead atoms. The predicted octanol–water partition coefficient (Wildman–Crippen LogP) is 3.26. The maximum absolute atomic E-state index is 12.5. The van der Waals surface area contributed by atoms with Crippen molar-refractivity contribution in [3.8, 4) is 0 Å². The first-order chi connectivity index (χ1) is 12.0. The van der Waals surface area contributed by atoms with Gasteiger partial charge in [0.05, 0.1) is 18.4 Å². The number of carbonyl (C=O) groups excluding carboxylic acids is 1. The summed E-state index contributed by atoms with van der Waals surface area (Å²) in [6.45, 7) is 1.76. The number of aliphatic carboxylic acids is 1. The van der Waals surface area contributed by atoms with E-state index in [0.29, 0.717) is 36.2 Å². The van der Waals surface area contributed by atoms with E-state index in [1.165, 1.54) is 0 Å². The highest BCUT2D eigenvalue weighted by Gasteiger charge is 2.40. The number of carboxylic acids is 1. The normalized spacial score (nSPS) is 24.5. The summed E-state index contributed by atoms with van der Waals surface area (Å²) in [6, 6.07) is 5.15. The Balaban J connectivity index is 1.55. The molecule has 2 fully saturated rings. The lowest BCUT2D eigenvalue weighted by Crippen LogP contribution is -2.43. The van der Waals surface area contributed by atoms with Crippen molar-refractivity contribution in [2.24, 2.45) is 11.8 Å². The van der Waals surface area contributed by atoms with Crippen LogP contribution in [0, 0.1) is 11.8 Å². The van der Waals surface area contributed by atoms with Crippen LogP contribution in [-0.4, -0.2) is 47.7 Å².